The Bertz CT molecular complexity index is 593. The van der Waals surface area contributed by atoms with E-state index in [1.807, 2.05) is 24.8 Å². The normalized spacial score (nSPS) is 17.7. The van der Waals surface area contributed by atoms with Crippen LogP contribution >= 0.6 is 11.8 Å². The van der Waals surface area contributed by atoms with Gasteiger partial charge < -0.3 is 9.64 Å². The van der Waals surface area contributed by atoms with Gasteiger partial charge in [0.25, 0.3) is 0 Å². The Balaban J connectivity index is 1.54. The summed E-state index contributed by atoms with van der Waals surface area (Å²) in [6, 6.07) is 12.5. The maximum atomic E-state index is 5.46. The van der Waals surface area contributed by atoms with Crippen molar-refractivity contribution >= 4 is 17.6 Å². The Morgan fingerprint density at radius 2 is 2.14 bits per heavy atom. The molecule has 1 fully saturated rings. The number of hydrogen-bond donors (Lipinski definition) is 0. The zero-order valence-corrected chi connectivity index (χ0v) is 13.6. The summed E-state index contributed by atoms with van der Waals surface area (Å²) in [6.07, 6.45) is 2.81. The van der Waals surface area contributed by atoms with Crippen LogP contribution in [0, 0.1) is 5.92 Å². The van der Waals surface area contributed by atoms with E-state index in [-0.39, 0.29) is 0 Å². The van der Waals surface area contributed by atoms with Gasteiger partial charge in [-0.1, -0.05) is 18.2 Å². The largest absolute Gasteiger partial charge is 0.478 e. The molecule has 22 heavy (non-hydrogen) atoms. The second-order valence-electron chi connectivity index (χ2n) is 5.37. The van der Waals surface area contributed by atoms with Crippen molar-refractivity contribution in [3.05, 3.63) is 42.7 Å². The topological polar surface area (TPSA) is 38.2 Å². The summed E-state index contributed by atoms with van der Waals surface area (Å²) in [5, 5.41) is 0. The molecule has 2 aromatic rings. The Labute approximate surface area is 135 Å². The van der Waals surface area contributed by atoms with E-state index >= 15 is 0 Å². The van der Waals surface area contributed by atoms with Crippen molar-refractivity contribution in [1.82, 2.24) is 9.97 Å². The van der Waals surface area contributed by atoms with Crippen LogP contribution in [0.25, 0.3) is 0 Å². The molecule has 3 rings (SSSR count). The summed E-state index contributed by atoms with van der Waals surface area (Å²) >= 11 is 1.94. The fourth-order valence-electron chi connectivity index (χ4n) is 2.64. The first kappa shape index (κ1) is 15.2. The van der Waals surface area contributed by atoms with Crippen LogP contribution in [0.2, 0.25) is 0 Å². The second kappa shape index (κ2) is 7.49. The van der Waals surface area contributed by atoms with Crippen LogP contribution in [0.3, 0.4) is 0 Å². The van der Waals surface area contributed by atoms with Crippen molar-refractivity contribution in [3.8, 4) is 5.88 Å². The fraction of sp³-hybridized carbons (Fsp3) is 0.412. The number of hydrogen-bond acceptors (Lipinski definition) is 5. The smallest absolute Gasteiger partial charge is 0.218 e. The lowest BCUT2D eigenvalue weighted by Gasteiger charge is -2.17. The molecule has 1 unspecified atom stereocenters. The number of rotatable bonds is 6. The quantitative estimate of drug-likeness (QED) is 0.763. The first-order chi connectivity index (χ1) is 10.8. The van der Waals surface area contributed by atoms with Gasteiger partial charge in [-0.15, -0.1) is 11.8 Å². The maximum Gasteiger partial charge on any atom is 0.218 e. The molecule has 0 spiro atoms. The highest BCUT2D eigenvalue weighted by molar-refractivity contribution is 7.99. The summed E-state index contributed by atoms with van der Waals surface area (Å²) in [4.78, 5) is 12.2. The number of benzene rings is 1. The first-order valence-electron chi connectivity index (χ1n) is 7.73. The van der Waals surface area contributed by atoms with Crippen molar-refractivity contribution in [2.75, 3.05) is 30.3 Å². The van der Waals surface area contributed by atoms with Crippen molar-refractivity contribution in [3.63, 3.8) is 0 Å². The average molecular weight is 315 g/mol. The van der Waals surface area contributed by atoms with Gasteiger partial charge in [0.2, 0.25) is 5.88 Å². The van der Waals surface area contributed by atoms with Crippen molar-refractivity contribution in [1.29, 1.82) is 0 Å². The van der Waals surface area contributed by atoms with Gasteiger partial charge in [-0.3, -0.25) is 0 Å². The molecule has 0 radical (unpaired) electrons. The van der Waals surface area contributed by atoms with E-state index in [9.17, 15) is 0 Å². The van der Waals surface area contributed by atoms with Gasteiger partial charge in [-0.05, 0) is 31.4 Å². The lowest BCUT2D eigenvalue weighted by molar-refractivity contribution is 0.326. The zero-order valence-electron chi connectivity index (χ0n) is 12.8. The van der Waals surface area contributed by atoms with Crippen LogP contribution in [-0.2, 0) is 0 Å². The minimum Gasteiger partial charge on any atom is -0.478 e. The minimum atomic E-state index is 0.632. The Hall–Kier alpha value is -1.75. The number of ether oxygens (including phenoxy) is 1. The van der Waals surface area contributed by atoms with E-state index in [2.05, 4.69) is 45.2 Å². The summed E-state index contributed by atoms with van der Waals surface area (Å²) in [7, 11) is 0. The van der Waals surface area contributed by atoms with Crippen molar-refractivity contribution in [2.45, 2.75) is 18.2 Å². The minimum absolute atomic E-state index is 0.632. The highest BCUT2D eigenvalue weighted by Gasteiger charge is 2.24. The Kier molecular flexibility index (Phi) is 5.16. The molecule has 5 heteroatoms. The Morgan fingerprint density at radius 1 is 1.27 bits per heavy atom. The molecule has 0 bridgehead atoms. The van der Waals surface area contributed by atoms with Crippen LogP contribution in [0.4, 0.5) is 5.82 Å². The molecule has 116 valence electrons. The standard InChI is InChI=1S/C17H21N3OS/c1-2-21-17-10-16(18-13-19-17)20-9-8-14(11-20)12-22-15-6-4-3-5-7-15/h3-7,10,13-14H,2,8-9,11-12H2,1H3. The number of aromatic nitrogens is 2. The van der Waals surface area contributed by atoms with Crippen molar-refractivity contribution in [2.24, 2.45) is 5.92 Å². The molecule has 1 atom stereocenters. The van der Waals surface area contributed by atoms with Crippen LogP contribution in [0.5, 0.6) is 5.88 Å². The van der Waals surface area contributed by atoms with Gasteiger partial charge in [0, 0.05) is 29.8 Å². The van der Waals surface area contributed by atoms with Gasteiger partial charge in [0.05, 0.1) is 6.61 Å². The third-order valence-electron chi connectivity index (χ3n) is 3.76. The first-order valence-corrected chi connectivity index (χ1v) is 8.71. The summed E-state index contributed by atoms with van der Waals surface area (Å²) in [5.74, 6) is 3.50. The van der Waals surface area contributed by atoms with E-state index in [4.69, 9.17) is 4.74 Å². The van der Waals surface area contributed by atoms with Gasteiger partial charge in [-0.2, -0.15) is 0 Å². The van der Waals surface area contributed by atoms with Gasteiger partial charge in [-0.25, -0.2) is 9.97 Å². The number of thioether (sulfide) groups is 1. The molecule has 1 saturated heterocycles. The predicted molar refractivity (Wildman–Crippen MR) is 90.7 cm³/mol. The number of nitrogens with zero attached hydrogens (tertiary/aromatic N) is 3. The summed E-state index contributed by atoms with van der Waals surface area (Å²) in [5.41, 5.74) is 0. The molecule has 1 aliphatic rings. The van der Waals surface area contributed by atoms with Crippen LogP contribution in [0.15, 0.2) is 47.6 Å². The third-order valence-corrected chi connectivity index (χ3v) is 5.00. The molecule has 1 aromatic carbocycles. The van der Waals surface area contributed by atoms with E-state index in [0.717, 1.165) is 24.7 Å². The zero-order chi connectivity index (χ0) is 15.2. The third kappa shape index (κ3) is 3.91. The van der Waals surface area contributed by atoms with Crippen LogP contribution in [-0.4, -0.2) is 35.4 Å². The van der Waals surface area contributed by atoms with E-state index in [1.165, 1.54) is 11.3 Å². The van der Waals surface area contributed by atoms with E-state index < -0.39 is 0 Å². The van der Waals surface area contributed by atoms with Gasteiger partial charge in [0.15, 0.2) is 0 Å². The molecular formula is C17H21N3OS. The highest BCUT2D eigenvalue weighted by Crippen LogP contribution is 2.28. The molecule has 1 aliphatic heterocycles. The van der Waals surface area contributed by atoms with Gasteiger partial charge >= 0.3 is 0 Å². The van der Waals surface area contributed by atoms with Crippen LogP contribution < -0.4 is 9.64 Å². The number of anilines is 1. The fourth-order valence-corrected chi connectivity index (χ4v) is 3.69. The van der Waals surface area contributed by atoms with Gasteiger partial charge in [0.1, 0.15) is 12.1 Å². The average Bonchev–Trinajstić information content (AvgIpc) is 3.04. The molecule has 0 aliphatic carbocycles. The molecule has 0 N–H and O–H groups in total. The van der Waals surface area contributed by atoms with E-state index in [0.29, 0.717) is 18.4 Å². The van der Waals surface area contributed by atoms with Crippen molar-refractivity contribution < 1.29 is 4.74 Å². The molecule has 0 amide bonds. The Morgan fingerprint density at radius 3 is 2.95 bits per heavy atom. The molecule has 2 heterocycles. The lowest BCUT2D eigenvalue weighted by Crippen LogP contribution is -2.21. The second-order valence-corrected chi connectivity index (χ2v) is 6.47. The molecular weight excluding hydrogens is 294 g/mol. The lowest BCUT2D eigenvalue weighted by atomic mass is 10.2. The summed E-state index contributed by atoms with van der Waals surface area (Å²) in [6.45, 7) is 4.71. The molecule has 0 saturated carbocycles. The maximum absolute atomic E-state index is 5.46. The van der Waals surface area contributed by atoms with Crippen LogP contribution in [0.1, 0.15) is 13.3 Å². The molecule has 1 aromatic heterocycles. The molecule has 4 nitrogen and oxygen atoms in total. The highest BCUT2D eigenvalue weighted by atomic mass is 32.2. The monoisotopic (exact) mass is 315 g/mol. The SMILES string of the molecule is CCOc1cc(N2CCC(CSc3ccccc3)C2)ncn1. The predicted octanol–water partition coefficient (Wildman–Crippen LogP) is 3.49. The summed E-state index contributed by atoms with van der Waals surface area (Å²) < 4.78 is 5.46. The van der Waals surface area contributed by atoms with E-state index in [1.54, 1.807) is 6.33 Å².